The first-order valence-electron chi connectivity index (χ1n) is 5.04. The molecule has 0 spiro atoms. The second-order valence-electron chi connectivity index (χ2n) is 4.05. The van der Waals surface area contributed by atoms with Crippen molar-refractivity contribution in [2.45, 2.75) is 31.7 Å². The van der Waals surface area contributed by atoms with Gasteiger partial charge in [0.25, 0.3) is 0 Å². The molecular weight excluding hydrogens is 260 g/mol. The summed E-state index contributed by atoms with van der Waals surface area (Å²) < 4.78 is 75.1. The Hall–Kier alpha value is -1.24. The van der Waals surface area contributed by atoms with Crippen molar-refractivity contribution in [3.05, 3.63) is 34.9 Å². The number of alkyl halides is 6. The molecule has 1 unspecified atom stereocenters. The standard InChI is InChI=1S/C11H11F6N/c1-6(18)4-7-5-8(10(12,13)14)2-3-9(7)11(15,16)17/h2-3,5-6H,4,18H2,1H3. The highest BCUT2D eigenvalue weighted by molar-refractivity contribution is 5.36. The van der Waals surface area contributed by atoms with Crippen molar-refractivity contribution in [3.8, 4) is 0 Å². The van der Waals surface area contributed by atoms with Crippen LogP contribution in [0.2, 0.25) is 0 Å². The minimum absolute atomic E-state index is 0.265. The highest BCUT2D eigenvalue weighted by atomic mass is 19.4. The average Bonchev–Trinajstić information content (AvgIpc) is 2.13. The molecule has 1 aromatic rings. The zero-order valence-electron chi connectivity index (χ0n) is 9.36. The summed E-state index contributed by atoms with van der Waals surface area (Å²) in [6.07, 6.45) is -9.62. The maximum Gasteiger partial charge on any atom is 0.416 e. The van der Waals surface area contributed by atoms with Crippen LogP contribution >= 0.6 is 0 Å². The lowest BCUT2D eigenvalue weighted by atomic mass is 9.98. The van der Waals surface area contributed by atoms with Crippen LogP contribution in [-0.4, -0.2) is 6.04 Å². The van der Waals surface area contributed by atoms with Gasteiger partial charge in [-0.1, -0.05) is 0 Å². The maximum absolute atomic E-state index is 12.6. The van der Waals surface area contributed by atoms with E-state index in [4.69, 9.17) is 5.73 Å². The molecule has 0 heterocycles. The van der Waals surface area contributed by atoms with Crippen LogP contribution in [0.3, 0.4) is 0 Å². The molecule has 0 aliphatic carbocycles. The maximum atomic E-state index is 12.6. The molecule has 1 atom stereocenters. The van der Waals surface area contributed by atoms with Crippen molar-refractivity contribution in [2.24, 2.45) is 5.73 Å². The van der Waals surface area contributed by atoms with Gasteiger partial charge in [0.1, 0.15) is 0 Å². The lowest BCUT2D eigenvalue weighted by Gasteiger charge is -2.16. The van der Waals surface area contributed by atoms with Crippen molar-refractivity contribution in [1.82, 2.24) is 0 Å². The van der Waals surface area contributed by atoms with E-state index in [0.29, 0.717) is 18.2 Å². The van der Waals surface area contributed by atoms with Gasteiger partial charge in [-0.3, -0.25) is 0 Å². The van der Waals surface area contributed by atoms with Gasteiger partial charge in [0.2, 0.25) is 0 Å². The van der Waals surface area contributed by atoms with E-state index < -0.39 is 35.1 Å². The Morgan fingerprint density at radius 1 is 1.06 bits per heavy atom. The minimum Gasteiger partial charge on any atom is -0.328 e. The number of hydrogen-bond acceptors (Lipinski definition) is 1. The van der Waals surface area contributed by atoms with Crippen molar-refractivity contribution < 1.29 is 26.3 Å². The molecule has 1 rings (SSSR count). The van der Waals surface area contributed by atoms with E-state index in [0.717, 1.165) is 0 Å². The lowest BCUT2D eigenvalue weighted by molar-refractivity contribution is -0.141. The van der Waals surface area contributed by atoms with E-state index in [2.05, 4.69) is 0 Å². The molecule has 0 amide bonds. The smallest absolute Gasteiger partial charge is 0.328 e. The van der Waals surface area contributed by atoms with Gasteiger partial charge < -0.3 is 5.73 Å². The number of halogens is 6. The Balaban J connectivity index is 3.30. The summed E-state index contributed by atoms with van der Waals surface area (Å²) in [5.74, 6) is 0. The molecule has 0 saturated carbocycles. The quantitative estimate of drug-likeness (QED) is 0.817. The largest absolute Gasteiger partial charge is 0.416 e. The van der Waals surface area contributed by atoms with Crippen LogP contribution in [-0.2, 0) is 18.8 Å². The van der Waals surface area contributed by atoms with Crippen molar-refractivity contribution in [2.75, 3.05) is 0 Å². The van der Waals surface area contributed by atoms with Crippen LogP contribution in [0.1, 0.15) is 23.6 Å². The monoisotopic (exact) mass is 271 g/mol. The zero-order valence-corrected chi connectivity index (χ0v) is 9.36. The van der Waals surface area contributed by atoms with Gasteiger partial charge in [0, 0.05) is 6.04 Å². The summed E-state index contributed by atoms with van der Waals surface area (Å²) in [6.45, 7) is 1.43. The molecule has 1 nitrogen and oxygen atoms in total. The minimum atomic E-state index is -4.69. The molecule has 0 radical (unpaired) electrons. The Morgan fingerprint density at radius 3 is 2.00 bits per heavy atom. The second-order valence-corrected chi connectivity index (χ2v) is 4.05. The van der Waals surface area contributed by atoms with E-state index in [1.165, 1.54) is 6.92 Å². The first-order chi connectivity index (χ1) is 8.01. The number of rotatable bonds is 2. The predicted molar refractivity (Wildman–Crippen MR) is 53.8 cm³/mol. The molecule has 0 aliphatic rings. The fraction of sp³-hybridized carbons (Fsp3) is 0.455. The third-order valence-electron chi connectivity index (χ3n) is 2.28. The molecule has 0 fully saturated rings. The Kier molecular flexibility index (Phi) is 3.95. The van der Waals surface area contributed by atoms with Gasteiger partial charge in [-0.15, -0.1) is 0 Å². The molecule has 7 heteroatoms. The molecule has 0 aliphatic heterocycles. The second kappa shape index (κ2) is 4.79. The van der Waals surface area contributed by atoms with Gasteiger partial charge in [-0.2, -0.15) is 26.3 Å². The summed E-state index contributed by atoms with van der Waals surface area (Å²) in [4.78, 5) is 0. The molecule has 1 aromatic carbocycles. The van der Waals surface area contributed by atoms with Gasteiger partial charge in [0.15, 0.2) is 0 Å². The molecule has 0 saturated heterocycles. The Bertz CT molecular complexity index is 419. The number of benzene rings is 1. The summed E-state index contributed by atoms with van der Waals surface area (Å²) >= 11 is 0. The number of hydrogen-bond donors (Lipinski definition) is 1. The van der Waals surface area contributed by atoms with Gasteiger partial charge in [-0.05, 0) is 37.1 Å². The van der Waals surface area contributed by atoms with Crippen LogP contribution in [0.5, 0.6) is 0 Å². The van der Waals surface area contributed by atoms with Crippen LogP contribution in [0.4, 0.5) is 26.3 Å². The summed E-state index contributed by atoms with van der Waals surface area (Å²) in [5, 5.41) is 0. The van der Waals surface area contributed by atoms with E-state index in [9.17, 15) is 26.3 Å². The lowest BCUT2D eigenvalue weighted by Crippen LogP contribution is -2.21. The number of nitrogens with two attached hydrogens (primary N) is 1. The fourth-order valence-corrected chi connectivity index (χ4v) is 1.56. The molecule has 0 bridgehead atoms. The average molecular weight is 271 g/mol. The fourth-order valence-electron chi connectivity index (χ4n) is 1.56. The van der Waals surface area contributed by atoms with Crippen LogP contribution in [0.15, 0.2) is 18.2 Å². The van der Waals surface area contributed by atoms with Crippen molar-refractivity contribution in [3.63, 3.8) is 0 Å². The van der Waals surface area contributed by atoms with Crippen LogP contribution in [0.25, 0.3) is 0 Å². The first-order valence-corrected chi connectivity index (χ1v) is 5.04. The van der Waals surface area contributed by atoms with E-state index in [1.807, 2.05) is 0 Å². The molecule has 2 N–H and O–H groups in total. The molecule has 0 aromatic heterocycles. The first kappa shape index (κ1) is 14.8. The van der Waals surface area contributed by atoms with E-state index in [-0.39, 0.29) is 6.42 Å². The normalized spacial score (nSPS) is 14.7. The molecule has 18 heavy (non-hydrogen) atoms. The zero-order chi connectivity index (χ0) is 14.1. The third kappa shape index (κ3) is 3.63. The SMILES string of the molecule is CC(N)Cc1cc(C(F)(F)F)ccc1C(F)(F)F. The summed E-state index contributed by atoms with van der Waals surface area (Å²) in [7, 11) is 0. The molecular formula is C11H11F6N. The highest BCUT2D eigenvalue weighted by Crippen LogP contribution is 2.36. The highest BCUT2D eigenvalue weighted by Gasteiger charge is 2.36. The Morgan fingerprint density at radius 2 is 1.61 bits per heavy atom. The van der Waals surface area contributed by atoms with E-state index in [1.54, 1.807) is 0 Å². The topological polar surface area (TPSA) is 26.0 Å². The predicted octanol–water partition coefficient (Wildman–Crippen LogP) is 3.61. The van der Waals surface area contributed by atoms with Crippen molar-refractivity contribution in [1.29, 1.82) is 0 Å². The Labute approximate surface area is 99.6 Å². The van der Waals surface area contributed by atoms with Crippen LogP contribution < -0.4 is 5.73 Å². The third-order valence-corrected chi connectivity index (χ3v) is 2.28. The molecule has 102 valence electrons. The summed E-state index contributed by atoms with van der Waals surface area (Å²) in [6, 6.07) is 0.717. The van der Waals surface area contributed by atoms with Gasteiger partial charge in [-0.25, -0.2) is 0 Å². The van der Waals surface area contributed by atoms with Gasteiger partial charge in [0.05, 0.1) is 11.1 Å². The van der Waals surface area contributed by atoms with Crippen molar-refractivity contribution >= 4 is 0 Å². The van der Waals surface area contributed by atoms with Gasteiger partial charge >= 0.3 is 12.4 Å². The van der Waals surface area contributed by atoms with Crippen LogP contribution in [0, 0.1) is 0 Å². The van der Waals surface area contributed by atoms with E-state index >= 15 is 0 Å². The summed E-state index contributed by atoms with van der Waals surface area (Å²) in [5.41, 5.74) is 2.73.